The minimum absolute atomic E-state index is 0.882. The van der Waals surface area contributed by atoms with E-state index in [-0.39, 0.29) is 0 Å². The molecule has 0 unspecified atom stereocenters. The zero-order valence-electron chi connectivity index (χ0n) is 42.9. The van der Waals surface area contributed by atoms with Gasteiger partial charge in [-0.1, -0.05) is 209 Å². The number of benzene rings is 12. The maximum Gasteiger partial charge on any atom is 0.159 e. The molecular weight excluding hydrogens is 925 g/mol. The number of para-hydroxylation sites is 4. The van der Waals surface area contributed by atoms with Gasteiger partial charge in [-0.25, -0.2) is 0 Å². The molecule has 0 fully saturated rings. The van der Waals surface area contributed by atoms with E-state index in [1.165, 1.54) is 54.9 Å². The molecule has 0 spiro atoms. The van der Waals surface area contributed by atoms with Crippen LogP contribution in [0.5, 0.6) is 0 Å². The average molecular weight is 981 g/mol. The monoisotopic (exact) mass is 980 g/mol. The summed E-state index contributed by atoms with van der Waals surface area (Å²) in [6, 6.07) is 84.4. The molecule has 366 valence electrons. The van der Waals surface area contributed by atoms with E-state index in [0.29, 0.717) is 0 Å². The molecule has 0 saturated heterocycles. The van der Waals surface area contributed by atoms with Crippen LogP contribution in [0.4, 0.5) is 34.1 Å². The van der Waals surface area contributed by atoms with Gasteiger partial charge in [0, 0.05) is 43.7 Å². The lowest BCUT2D eigenvalue weighted by atomic mass is 9.91. The van der Waals surface area contributed by atoms with Crippen LogP contribution in [-0.2, 0) is 12.8 Å². The van der Waals surface area contributed by atoms with Crippen LogP contribution in [-0.4, -0.2) is 0 Å². The van der Waals surface area contributed by atoms with E-state index in [1.54, 1.807) is 0 Å². The van der Waals surface area contributed by atoms with Crippen molar-refractivity contribution >= 4 is 110 Å². The van der Waals surface area contributed by atoms with Gasteiger partial charge in [0.05, 0.1) is 22.7 Å². The summed E-state index contributed by atoms with van der Waals surface area (Å²) in [5, 5.41) is 11.7. The Bertz CT molecular complexity index is 4130. The minimum Gasteiger partial charge on any atom is -0.454 e. The lowest BCUT2D eigenvalue weighted by Gasteiger charge is -2.29. The van der Waals surface area contributed by atoms with E-state index >= 15 is 0 Å². The van der Waals surface area contributed by atoms with Gasteiger partial charge in [-0.15, -0.1) is 0 Å². The third kappa shape index (κ3) is 7.58. The second-order valence-corrected chi connectivity index (χ2v) is 20.4. The Hall–Kier alpha value is -9.12. The third-order valence-electron chi connectivity index (χ3n) is 15.8. The van der Waals surface area contributed by atoms with Crippen LogP contribution < -0.4 is 9.80 Å². The van der Waals surface area contributed by atoms with Gasteiger partial charge in [0.2, 0.25) is 0 Å². The number of anilines is 6. The lowest BCUT2D eigenvalue weighted by molar-refractivity contribution is 0.658. The zero-order chi connectivity index (χ0) is 50.7. The van der Waals surface area contributed by atoms with Crippen molar-refractivity contribution in [1.29, 1.82) is 0 Å². The van der Waals surface area contributed by atoms with E-state index in [2.05, 4.69) is 254 Å². The number of hydrogen-bond acceptors (Lipinski definition) is 4. The summed E-state index contributed by atoms with van der Waals surface area (Å²) < 4.78 is 14.3. The number of aryl methyl sites for hydroxylation is 2. The van der Waals surface area contributed by atoms with Gasteiger partial charge in [0.15, 0.2) is 11.2 Å². The van der Waals surface area contributed by atoms with Crippen molar-refractivity contribution in [3.8, 4) is 22.3 Å². The maximum atomic E-state index is 7.13. The average Bonchev–Trinajstić information content (AvgIpc) is 4.10. The maximum absolute atomic E-state index is 7.13. The van der Waals surface area contributed by atoms with Crippen LogP contribution in [0.3, 0.4) is 0 Å². The molecule has 4 nitrogen and oxygen atoms in total. The van der Waals surface area contributed by atoms with Gasteiger partial charge in [-0.2, -0.15) is 0 Å². The predicted molar refractivity (Wildman–Crippen MR) is 322 cm³/mol. The molecule has 0 atom stereocenters. The highest BCUT2D eigenvalue weighted by molar-refractivity contribution is 6.29. The first-order valence-electron chi connectivity index (χ1n) is 27.1. The Labute approximate surface area is 443 Å². The van der Waals surface area contributed by atoms with Crippen LogP contribution in [0.15, 0.2) is 239 Å². The number of furan rings is 2. The molecule has 0 aliphatic rings. The number of rotatable bonds is 14. The fourth-order valence-electron chi connectivity index (χ4n) is 12.1. The summed E-state index contributed by atoms with van der Waals surface area (Å²) in [5.41, 5.74) is 17.2. The van der Waals surface area contributed by atoms with Crippen LogP contribution in [0, 0.1) is 0 Å². The van der Waals surface area contributed by atoms with E-state index in [4.69, 9.17) is 8.83 Å². The smallest absolute Gasteiger partial charge is 0.159 e. The van der Waals surface area contributed by atoms with Gasteiger partial charge in [-0.05, 0) is 129 Å². The van der Waals surface area contributed by atoms with Gasteiger partial charge >= 0.3 is 0 Å². The molecule has 0 N–H and O–H groups in total. The first-order chi connectivity index (χ1) is 37.6. The van der Waals surface area contributed by atoms with Crippen LogP contribution in [0.25, 0.3) is 98.4 Å². The standard InChI is InChI=1S/C72H56N2O2/c1-3-5-17-53-23-13-25-57-59-27-15-29-65(71(59)75-69(53)57)73(55-39-31-49(32-40-55)47-19-9-7-10-20-47)63-45-37-51-36-44-62-64(46-38-52-35-43-61(63)67(51)68(52)62)74(56-41-33-50(34-42-56)48-21-11-8-12-22-48)66-30-16-28-60-58-26-14-24-54(18-6-4-2)70(58)76-72(60)66/h7-16,19-46H,3-6,17-18H2,1-2H3. The summed E-state index contributed by atoms with van der Waals surface area (Å²) >= 11 is 0. The van der Waals surface area contributed by atoms with Crippen molar-refractivity contribution in [2.24, 2.45) is 0 Å². The second kappa shape index (κ2) is 19.0. The van der Waals surface area contributed by atoms with Crippen LogP contribution in [0.1, 0.15) is 50.7 Å². The van der Waals surface area contributed by atoms with E-state index in [9.17, 15) is 0 Å². The highest BCUT2D eigenvalue weighted by Crippen LogP contribution is 2.51. The van der Waals surface area contributed by atoms with E-state index in [0.717, 1.165) is 127 Å². The molecule has 0 aliphatic carbocycles. The molecule has 0 amide bonds. The molecule has 12 aromatic carbocycles. The Kier molecular flexibility index (Phi) is 11.4. The topological polar surface area (TPSA) is 32.8 Å². The molecule has 0 saturated carbocycles. The molecule has 0 radical (unpaired) electrons. The third-order valence-corrected chi connectivity index (χ3v) is 15.8. The fourth-order valence-corrected chi connectivity index (χ4v) is 12.1. The SMILES string of the molecule is CCCCc1cccc2c1oc1c(N(c3ccc(-c4ccccc4)cc3)c3ccc4ccc5c(N(c6ccc(-c7ccccc7)cc6)c6cccc7c6oc6c(CCCC)cccc67)ccc6ccc3c4c65)cccc12. The molecule has 76 heavy (non-hydrogen) atoms. The van der Waals surface area contributed by atoms with Gasteiger partial charge < -0.3 is 18.6 Å². The van der Waals surface area contributed by atoms with Gasteiger partial charge in [0.25, 0.3) is 0 Å². The summed E-state index contributed by atoms with van der Waals surface area (Å²) in [4.78, 5) is 4.85. The Balaban J connectivity index is 0.996. The quantitative estimate of drug-likeness (QED) is 0.102. The Morgan fingerprint density at radius 2 is 0.658 bits per heavy atom. The minimum atomic E-state index is 0.882. The van der Waals surface area contributed by atoms with E-state index in [1.807, 2.05) is 0 Å². The molecule has 14 aromatic rings. The number of hydrogen-bond donors (Lipinski definition) is 0. The molecule has 0 bridgehead atoms. The van der Waals surface area contributed by atoms with Crippen molar-refractivity contribution in [3.63, 3.8) is 0 Å². The van der Waals surface area contributed by atoms with Crippen molar-refractivity contribution in [2.75, 3.05) is 9.80 Å². The second-order valence-electron chi connectivity index (χ2n) is 20.4. The summed E-state index contributed by atoms with van der Waals surface area (Å²) in [6.45, 7) is 4.50. The van der Waals surface area contributed by atoms with Gasteiger partial charge in [-0.3, -0.25) is 0 Å². The first-order valence-corrected chi connectivity index (χ1v) is 27.1. The largest absolute Gasteiger partial charge is 0.454 e. The number of unbranched alkanes of at least 4 members (excludes halogenated alkanes) is 2. The van der Waals surface area contributed by atoms with Crippen molar-refractivity contribution in [3.05, 3.63) is 242 Å². The Morgan fingerprint density at radius 1 is 0.289 bits per heavy atom. The van der Waals surface area contributed by atoms with Crippen molar-refractivity contribution in [2.45, 2.75) is 52.4 Å². The lowest BCUT2D eigenvalue weighted by Crippen LogP contribution is -2.12. The molecule has 2 aromatic heterocycles. The molecule has 4 heteroatoms. The van der Waals surface area contributed by atoms with Crippen LogP contribution >= 0.6 is 0 Å². The number of nitrogens with zero attached hydrogens (tertiary/aromatic N) is 2. The molecular formula is C72H56N2O2. The number of fused-ring (bicyclic) bond motifs is 6. The van der Waals surface area contributed by atoms with Crippen LogP contribution in [0.2, 0.25) is 0 Å². The Morgan fingerprint density at radius 3 is 1.07 bits per heavy atom. The fraction of sp³-hybridized carbons (Fsp3) is 0.111. The normalized spacial score (nSPS) is 11.9. The highest BCUT2D eigenvalue weighted by Gasteiger charge is 2.26. The van der Waals surface area contributed by atoms with Crippen molar-refractivity contribution < 1.29 is 8.83 Å². The first kappa shape index (κ1) is 45.5. The zero-order valence-corrected chi connectivity index (χ0v) is 42.9. The van der Waals surface area contributed by atoms with Crippen molar-refractivity contribution in [1.82, 2.24) is 0 Å². The van der Waals surface area contributed by atoms with E-state index < -0.39 is 0 Å². The van der Waals surface area contributed by atoms with Gasteiger partial charge in [0.1, 0.15) is 11.2 Å². The highest BCUT2D eigenvalue weighted by atomic mass is 16.3. The summed E-state index contributed by atoms with van der Waals surface area (Å²) in [6.07, 6.45) is 6.44. The molecule has 2 heterocycles. The molecule has 0 aliphatic heterocycles. The predicted octanol–water partition coefficient (Wildman–Crippen LogP) is 21.3. The molecule has 14 rings (SSSR count). The summed E-state index contributed by atoms with van der Waals surface area (Å²) in [7, 11) is 0. The summed E-state index contributed by atoms with van der Waals surface area (Å²) in [5.74, 6) is 0.